The van der Waals surface area contributed by atoms with Gasteiger partial charge in [0, 0.05) is 18.9 Å². The largest absolute Gasteiger partial charge is 0.480 e. The third kappa shape index (κ3) is 8.27. The van der Waals surface area contributed by atoms with E-state index in [2.05, 4.69) is 16.0 Å². The summed E-state index contributed by atoms with van der Waals surface area (Å²) in [7, 11) is 0. The van der Waals surface area contributed by atoms with Crippen molar-refractivity contribution in [3.63, 3.8) is 0 Å². The Balaban J connectivity index is 1.39. The first-order valence-corrected chi connectivity index (χ1v) is 17.2. The molecule has 0 bridgehead atoms. The number of aliphatic carboxylic acids is 1. The van der Waals surface area contributed by atoms with Crippen molar-refractivity contribution in [2.24, 2.45) is 5.92 Å². The highest BCUT2D eigenvalue weighted by Crippen LogP contribution is 2.51. The number of hydrogen-bond acceptors (Lipinski definition) is 6. The number of ketones is 1. The van der Waals surface area contributed by atoms with Gasteiger partial charge in [-0.2, -0.15) is 0 Å². The molecule has 3 aromatic carbocycles. The molecule has 2 fully saturated rings. The third-order valence-electron chi connectivity index (χ3n) is 9.85. The van der Waals surface area contributed by atoms with E-state index in [1.54, 1.807) is 31.2 Å². The first-order chi connectivity index (χ1) is 24.0. The second kappa shape index (κ2) is 15.9. The fourth-order valence-electron chi connectivity index (χ4n) is 6.74. The number of nitrogens with one attached hydrogen (secondary N) is 3. The van der Waals surface area contributed by atoms with Crippen LogP contribution in [-0.2, 0) is 41.6 Å². The van der Waals surface area contributed by atoms with Gasteiger partial charge in [-0.3, -0.25) is 24.0 Å². The highest BCUT2D eigenvalue weighted by atomic mass is 16.4. The molecule has 4 N–H and O–H groups in total. The van der Waals surface area contributed by atoms with E-state index in [4.69, 9.17) is 0 Å². The smallest absolute Gasteiger partial charge is 0.326 e. The Morgan fingerprint density at radius 2 is 1.46 bits per heavy atom. The van der Waals surface area contributed by atoms with E-state index in [0.717, 1.165) is 11.1 Å². The zero-order chi connectivity index (χ0) is 35.8. The summed E-state index contributed by atoms with van der Waals surface area (Å²) in [5.41, 5.74) is 0.964. The van der Waals surface area contributed by atoms with E-state index in [1.807, 2.05) is 73.7 Å². The molecule has 1 aliphatic heterocycles. The molecule has 0 spiro atoms. The number of rotatable bonds is 15. The molecule has 3 aromatic rings. The molecule has 1 aliphatic carbocycles. The first-order valence-electron chi connectivity index (χ1n) is 17.2. The van der Waals surface area contributed by atoms with Gasteiger partial charge in [-0.1, -0.05) is 111 Å². The third-order valence-corrected chi connectivity index (χ3v) is 9.85. The molecule has 4 amide bonds. The van der Waals surface area contributed by atoms with Crippen LogP contribution in [0.5, 0.6) is 0 Å². The summed E-state index contributed by atoms with van der Waals surface area (Å²) in [5.74, 6) is -5.41. The van der Waals surface area contributed by atoms with Crippen molar-refractivity contribution in [2.45, 2.75) is 82.0 Å². The maximum Gasteiger partial charge on any atom is 0.326 e. The lowest BCUT2D eigenvalue weighted by molar-refractivity contribution is -0.150. The molecule has 11 nitrogen and oxygen atoms in total. The molecule has 11 heteroatoms. The normalized spacial score (nSPS) is 21.3. The summed E-state index contributed by atoms with van der Waals surface area (Å²) in [4.78, 5) is 82.0. The number of Topliss-reactive ketones (excluding diaryl/α,β-unsaturated/α-hetero) is 1. The molecule has 0 aromatic heterocycles. The van der Waals surface area contributed by atoms with Crippen molar-refractivity contribution >= 4 is 35.4 Å². The molecule has 262 valence electrons. The number of hydrogen-bond donors (Lipinski definition) is 4. The monoisotopic (exact) mass is 680 g/mol. The highest BCUT2D eigenvalue weighted by molar-refractivity contribution is 6.39. The maximum atomic E-state index is 14.3. The Bertz CT molecular complexity index is 1700. The summed E-state index contributed by atoms with van der Waals surface area (Å²) >= 11 is 0. The topological polar surface area (TPSA) is 162 Å². The number of likely N-dealkylation sites (tertiary alicyclic amines) is 1. The molecular weight excluding hydrogens is 636 g/mol. The predicted molar refractivity (Wildman–Crippen MR) is 186 cm³/mol. The summed E-state index contributed by atoms with van der Waals surface area (Å²) in [6.07, 6.45) is 1.64. The van der Waals surface area contributed by atoms with Gasteiger partial charge in [0.15, 0.2) is 0 Å². The predicted octanol–water partition coefficient (Wildman–Crippen LogP) is 3.17. The summed E-state index contributed by atoms with van der Waals surface area (Å²) in [5, 5.41) is 18.0. The van der Waals surface area contributed by atoms with Gasteiger partial charge >= 0.3 is 5.97 Å². The minimum Gasteiger partial charge on any atom is -0.480 e. The van der Waals surface area contributed by atoms with E-state index >= 15 is 0 Å². The number of carboxylic acid groups (broad SMARTS) is 1. The number of carbonyl (C=O) groups is 6. The highest BCUT2D eigenvalue weighted by Gasteiger charge is 2.62. The van der Waals surface area contributed by atoms with Gasteiger partial charge in [0.2, 0.25) is 23.5 Å². The van der Waals surface area contributed by atoms with Crippen molar-refractivity contribution in [1.82, 2.24) is 20.9 Å². The number of benzene rings is 3. The van der Waals surface area contributed by atoms with Gasteiger partial charge in [-0.15, -0.1) is 0 Å². The van der Waals surface area contributed by atoms with E-state index in [-0.39, 0.29) is 31.2 Å². The average Bonchev–Trinajstić information content (AvgIpc) is 3.63. The lowest BCUT2D eigenvalue weighted by atomic mass is 9.96. The molecule has 3 unspecified atom stereocenters. The molecule has 6 atom stereocenters. The molecule has 5 rings (SSSR count). The van der Waals surface area contributed by atoms with Crippen LogP contribution in [0.2, 0.25) is 0 Å². The summed E-state index contributed by atoms with van der Waals surface area (Å²) in [6, 6.07) is 23.9. The van der Waals surface area contributed by atoms with E-state index in [0.29, 0.717) is 31.2 Å². The van der Waals surface area contributed by atoms with Crippen molar-refractivity contribution < 1.29 is 33.9 Å². The summed E-state index contributed by atoms with van der Waals surface area (Å²) < 4.78 is 0. The Hall–Kier alpha value is -5.32. The molecule has 0 radical (unpaired) electrons. The minimum atomic E-state index is -1.35. The van der Waals surface area contributed by atoms with Crippen LogP contribution in [0.4, 0.5) is 0 Å². The average molecular weight is 681 g/mol. The maximum absolute atomic E-state index is 14.3. The van der Waals surface area contributed by atoms with Crippen molar-refractivity contribution in [3.8, 4) is 0 Å². The molecule has 2 aliphatic rings. The van der Waals surface area contributed by atoms with Crippen molar-refractivity contribution in [2.75, 3.05) is 6.54 Å². The molecule has 1 heterocycles. The minimum absolute atomic E-state index is 0.0158. The Kier molecular flexibility index (Phi) is 11.5. The summed E-state index contributed by atoms with van der Waals surface area (Å²) in [6.45, 7) is 3.82. The van der Waals surface area contributed by atoms with E-state index in [9.17, 15) is 33.9 Å². The standard InChI is InChI=1S/C39H44N4O7/c1-3-25(2)33(36(47)43-21-13-20-31(43)37(48)49)41-35(46)34(45)30(22-26-14-7-4-8-15-26)40-38(50)39(24-29(39)28-18-11-6-12-19-28)42-32(44)23-27-16-9-5-10-17-27/h4-12,14-19,25,29-31,33H,3,13,20-24H2,1-2H3,(H,40,50)(H,41,46)(H,42,44)(H,48,49)/t25-,29-,30?,31?,33-,39?/m0/s1. The van der Waals surface area contributed by atoms with Crippen LogP contribution >= 0.6 is 0 Å². The second-order valence-corrected chi connectivity index (χ2v) is 13.3. The molecule has 50 heavy (non-hydrogen) atoms. The van der Waals surface area contributed by atoms with Gasteiger partial charge in [-0.05, 0) is 41.9 Å². The van der Waals surface area contributed by atoms with Crippen LogP contribution in [0.15, 0.2) is 91.0 Å². The van der Waals surface area contributed by atoms with Crippen LogP contribution in [0.3, 0.4) is 0 Å². The van der Waals surface area contributed by atoms with Gasteiger partial charge in [-0.25, -0.2) is 4.79 Å². The Morgan fingerprint density at radius 1 is 0.860 bits per heavy atom. The van der Waals surface area contributed by atoms with Crippen LogP contribution in [-0.4, -0.2) is 75.6 Å². The zero-order valence-electron chi connectivity index (χ0n) is 28.3. The quantitative estimate of drug-likeness (QED) is 0.179. The number of amides is 4. The van der Waals surface area contributed by atoms with Crippen molar-refractivity contribution in [3.05, 3.63) is 108 Å². The number of carbonyl (C=O) groups excluding carboxylic acids is 5. The van der Waals surface area contributed by atoms with E-state index in [1.165, 1.54) is 4.90 Å². The molecular formula is C39H44N4O7. The Morgan fingerprint density at radius 3 is 2.06 bits per heavy atom. The van der Waals surface area contributed by atoms with Gasteiger partial charge in [0.25, 0.3) is 5.91 Å². The van der Waals surface area contributed by atoms with Gasteiger partial charge < -0.3 is 26.0 Å². The first kappa shape index (κ1) is 36.0. The Labute approximate surface area is 291 Å². The lowest BCUT2D eigenvalue weighted by Crippen LogP contribution is -2.59. The number of carboxylic acids is 1. The van der Waals surface area contributed by atoms with Gasteiger partial charge in [0.1, 0.15) is 23.7 Å². The SMILES string of the molecule is CC[C@H](C)[C@H](NC(=O)C(=O)C(Cc1ccccc1)NC(=O)C1(NC(=O)Cc2ccccc2)C[C@H]1c1ccccc1)C(=O)N1CCCC1C(=O)O. The fourth-order valence-corrected chi connectivity index (χ4v) is 6.74. The number of nitrogens with zero attached hydrogens (tertiary/aromatic N) is 1. The second-order valence-electron chi connectivity index (χ2n) is 13.3. The van der Waals surface area contributed by atoms with Crippen LogP contribution in [0.25, 0.3) is 0 Å². The zero-order valence-corrected chi connectivity index (χ0v) is 28.3. The van der Waals surface area contributed by atoms with Crippen LogP contribution in [0, 0.1) is 5.92 Å². The molecule has 1 saturated heterocycles. The lowest BCUT2D eigenvalue weighted by Gasteiger charge is -2.30. The van der Waals surface area contributed by atoms with Gasteiger partial charge in [0.05, 0.1) is 6.42 Å². The molecule has 1 saturated carbocycles. The fraction of sp³-hybridized carbons (Fsp3) is 0.385. The van der Waals surface area contributed by atoms with Crippen LogP contribution in [0.1, 0.15) is 62.1 Å². The van der Waals surface area contributed by atoms with E-state index < -0.39 is 59.1 Å². The van der Waals surface area contributed by atoms with Crippen molar-refractivity contribution in [1.29, 1.82) is 0 Å². The van der Waals surface area contributed by atoms with Crippen LogP contribution < -0.4 is 16.0 Å².